The molecule has 1 aromatic heterocycles. The zero-order valence-corrected chi connectivity index (χ0v) is 13.8. The lowest BCUT2D eigenvalue weighted by molar-refractivity contribution is 0.102. The average molecular weight is 338 g/mol. The van der Waals surface area contributed by atoms with Crippen LogP contribution in [0.3, 0.4) is 0 Å². The van der Waals surface area contributed by atoms with E-state index in [9.17, 15) is 13.6 Å². The summed E-state index contributed by atoms with van der Waals surface area (Å²) in [6, 6.07) is 12.0. The minimum atomic E-state index is -0.695. The molecular formula is C20H16F2N2O. The van der Waals surface area contributed by atoms with Crippen molar-refractivity contribution in [1.29, 1.82) is 0 Å². The third-order valence-electron chi connectivity index (χ3n) is 4.00. The summed E-state index contributed by atoms with van der Waals surface area (Å²) in [5, 5.41) is 2.80. The molecule has 1 amide bonds. The van der Waals surface area contributed by atoms with Crippen LogP contribution in [0.1, 0.15) is 21.5 Å². The van der Waals surface area contributed by atoms with Crippen molar-refractivity contribution >= 4 is 11.6 Å². The fourth-order valence-electron chi connectivity index (χ4n) is 2.41. The van der Waals surface area contributed by atoms with Gasteiger partial charge in [-0.15, -0.1) is 0 Å². The molecule has 0 spiro atoms. The summed E-state index contributed by atoms with van der Waals surface area (Å²) in [6.45, 7) is 3.97. The van der Waals surface area contributed by atoms with Crippen LogP contribution in [0.25, 0.3) is 11.3 Å². The van der Waals surface area contributed by atoms with Crippen molar-refractivity contribution in [3.8, 4) is 11.3 Å². The Bertz CT molecular complexity index is 937. The molecule has 1 N–H and O–H groups in total. The number of nitrogens with one attached hydrogen (secondary N) is 1. The maximum atomic E-state index is 13.8. The van der Waals surface area contributed by atoms with Gasteiger partial charge in [0.1, 0.15) is 11.6 Å². The van der Waals surface area contributed by atoms with Crippen LogP contribution in [0.2, 0.25) is 0 Å². The highest BCUT2D eigenvalue weighted by Gasteiger charge is 2.11. The highest BCUT2D eigenvalue weighted by atomic mass is 19.1. The number of carbonyl (C=O) groups is 1. The molecule has 0 fully saturated rings. The number of aromatic nitrogens is 1. The van der Waals surface area contributed by atoms with Crippen LogP contribution < -0.4 is 5.32 Å². The van der Waals surface area contributed by atoms with Crippen molar-refractivity contribution < 1.29 is 13.6 Å². The summed E-state index contributed by atoms with van der Waals surface area (Å²) >= 11 is 0. The van der Waals surface area contributed by atoms with Crippen LogP contribution in [0, 0.1) is 25.5 Å². The number of halogens is 2. The summed E-state index contributed by atoms with van der Waals surface area (Å²) in [5.41, 5.74) is 3.79. The van der Waals surface area contributed by atoms with Gasteiger partial charge in [-0.1, -0.05) is 6.07 Å². The molecule has 3 nitrogen and oxygen atoms in total. The Morgan fingerprint density at radius 1 is 0.960 bits per heavy atom. The van der Waals surface area contributed by atoms with E-state index in [1.54, 1.807) is 6.07 Å². The normalized spacial score (nSPS) is 10.6. The monoisotopic (exact) mass is 338 g/mol. The van der Waals surface area contributed by atoms with E-state index >= 15 is 0 Å². The Kier molecular flexibility index (Phi) is 4.57. The minimum Gasteiger partial charge on any atom is -0.322 e. The zero-order chi connectivity index (χ0) is 18.0. The summed E-state index contributed by atoms with van der Waals surface area (Å²) < 4.78 is 26.8. The van der Waals surface area contributed by atoms with Gasteiger partial charge in [-0.05, 0) is 61.4 Å². The van der Waals surface area contributed by atoms with Crippen LogP contribution in [0.15, 0.2) is 54.7 Å². The largest absolute Gasteiger partial charge is 0.322 e. The Morgan fingerprint density at radius 3 is 2.40 bits per heavy atom. The van der Waals surface area contributed by atoms with Crippen molar-refractivity contribution in [3.05, 3.63) is 83.1 Å². The van der Waals surface area contributed by atoms with Gasteiger partial charge in [-0.2, -0.15) is 0 Å². The molecule has 0 radical (unpaired) electrons. The smallest absolute Gasteiger partial charge is 0.257 e. The number of benzene rings is 2. The lowest BCUT2D eigenvalue weighted by atomic mass is 10.1. The molecule has 0 aliphatic carbocycles. The van der Waals surface area contributed by atoms with E-state index in [1.165, 1.54) is 24.4 Å². The van der Waals surface area contributed by atoms with E-state index < -0.39 is 11.6 Å². The van der Waals surface area contributed by atoms with Crippen molar-refractivity contribution in [2.75, 3.05) is 5.32 Å². The molecule has 25 heavy (non-hydrogen) atoms. The van der Waals surface area contributed by atoms with Gasteiger partial charge in [0.15, 0.2) is 0 Å². The lowest BCUT2D eigenvalue weighted by Gasteiger charge is -2.08. The topological polar surface area (TPSA) is 42.0 Å². The van der Waals surface area contributed by atoms with Gasteiger partial charge in [-0.25, -0.2) is 8.78 Å². The van der Waals surface area contributed by atoms with E-state index in [4.69, 9.17) is 0 Å². The van der Waals surface area contributed by atoms with Crippen molar-refractivity contribution in [2.24, 2.45) is 0 Å². The first kappa shape index (κ1) is 16.8. The van der Waals surface area contributed by atoms with Gasteiger partial charge in [0.05, 0.1) is 11.3 Å². The van der Waals surface area contributed by atoms with E-state index in [0.29, 0.717) is 16.9 Å². The molecule has 0 saturated heterocycles. The van der Waals surface area contributed by atoms with Crippen LogP contribution in [-0.4, -0.2) is 10.9 Å². The molecule has 5 heteroatoms. The number of hydrogen-bond donors (Lipinski definition) is 1. The second-order valence-electron chi connectivity index (χ2n) is 5.81. The number of nitrogens with zero attached hydrogens (tertiary/aromatic N) is 1. The summed E-state index contributed by atoms with van der Waals surface area (Å²) in [7, 11) is 0. The van der Waals surface area contributed by atoms with Crippen LogP contribution in [0.5, 0.6) is 0 Å². The SMILES string of the molecule is Cc1ccc(NC(=O)c2ccc(-c3ccc(F)cc3F)nc2)cc1C. The first-order valence-electron chi connectivity index (χ1n) is 7.74. The summed E-state index contributed by atoms with van der Waals surface area (Å²) in [4.78, 5) is 16.4. The van der Waals surface area contributed by atoms with E-state index in [0.717, 1.165) is 17.2 Å². The highest BCUT2D eigenvalue weighted by Crippen LogP contribution is 2.22. The fourth-order valence-corrected chi connectivity index (χ4v) is 2.41. The molecule has 3 aromatic rings. The quantitative estimate of drug-likeness (QED) is 0.738. The average Bonchev–Trinajstić information content (AvgIpc) is 2.58. The van der Waals surface area contributed by atoms with Crippen LogP contribution in [-0.2, 0) is 0 Å². The number of carbonyl (C=O) groups excluding carboxylic acids is 1. The van der Waals surface area contributed by atoms with Gasteiger partial charge >= 0.3 is 0 Å². The molecule has 0 aliphatic rings. The zero-order valence-electron chi connectivity index (χ0n) is 13.8. The van der Waals surface area contributed by atoms with E-state index in [2.05, 4.69) is 10.3 Å². The molecule has 0 bridgehead atoms. The second-order valence-corrected chi connectivity index (χ2v) is 5.81. The molecule has 0 saturated carbocycles. The first-order valence-corrected chi connectivity index (χ1v) is 7.74. The van der Waals surface area contributed by atoms with Crippen molar-refractivity contribution in [3.63, 3.8) is 0 Å². The Hall–Kier alpha value is -3.08. The Balaban J connectivity index is 1.79. The first-order chi connectivity index (χ1) is 11.9. The second kappa shape index (κ2) is 6.81. The minimum absolute atomic E-state index is 0.183. The van der Waals surface area contributed by atoms with E-state index in [-0.39, 0.29) is 11.5 Å². The molecule has 2 aromatic carbocycles. The molecule has 0 atom stereocenters. The van der Waals surface area contributed by atoms with Crippen molar-refractivity contribution in [2.45, 2.75) is 13.8 Å². The Labute approximate surface area is 144 Å². The number of anilines is 1. The summed E-state index contributed by atoms with van der Waals surface area (Å²) in [6.07, 6.45) is 1.37. The van der Waals surface area contributed by atoms with E-state index in [1.807, 2.05) is 32.0 Å². The molecule has 126 valence electrons. The number of rotatable bonds is 3. The number of hydrogen-bond acceptors (Lipinski definition) is 2. The molecule has 0 unspecified atom stereocenters. The van der Waals surface area contributed by atoms with Gasteiger partial charge in [0.25, 0.3) is 5.91 Å². The lowest BCUT2D eigenvalue weighted by Crippen LogP contribution is -2.12. The third kappa shape index (κ3) is 3.71. The fraction of sp³-hybridized carbons (Fsp3) is 0.100. The highest BCUT2D eigenvalue weighted by molar-refractivity contribution is 6.04. The number of amides is 1. The maximum Gasteiger partial charge on any atom is 0.257 e. The van der Waals surface area contributed by atoms with Crippen LogP contribution in [0.4, 0.5) is 14.5 Å². The van der Waals surface area contributed by atoms with Crippen LogP contribution >= 0.6 is 0 Å². The predicted octanol–water partition coefficient (Wildman–Crippen LogP) is 4.90. The number of aryl methyl sites for hydroxylation is 2. The maximum absolute atomic E-state index is 13.8. The van der Waals surface area contributed by atoms with Gasteiger partial charge in [-0.3, -0.25) is 9.78 Å². The predicted molar refractivity (Wildman–Crippen MR) is 93.5 cm³/mol. The molecule has 1 heterocycles. The number of pyridine rings is 1. The summed E-state index contributed by atoms with van der Waals surface area (Å²) in [5.74, 6) is -1.65. The molecule has 3 rings (SSSR count). The third-order valence-corrected chi connectivity index (χ3v) is 4.00. The molecule has 0 aliphatic heterocycles. The van der Waals surface area contributed by atoms with Gasteiger partial charge < -0.3 is 5.32 Å². The Morgan fingerprint density at radius 2 is 1.76 bits per heavy atom. The van der Waals surface area contributed by atoms with Gasteiger partial charge in [0.2, 0.25) is 0 Å². The molecular weight excluding hydrogens is 322 g/mol. The standard InChI is InChI=1S/C20H16F2N2O/c1-12-3-6-16(9-13(12)2)24-20(25)14-4-8-19(23-11-14)17-7-5-15(21)10-18(17)22/h3-11H,1-2H3,(H,24,25). The van der Waals surface area contributed by atoms with Crippen molar-refractivity contribution in [1.82, 2.24) is 4.98 Å². The van der Waals surface area contributed by atoms with Gasteiger partial charge in [0, 0.05) is 23.5 Å².